The minimum atomic E-state index is -1.21. The summed E-state index contributed by atoms with van der Waals surface area (Å²) >= 11 is 0. The zero-order chi connectivity index (χ0) is 14.9. The van der Waals surface area contributed by atoms with Gasteiger partial charge in [-0.15, -0.1) is 0 Å². The molecule has 2 rings (SSSR count). The molecule has 1 aromatic heterocycles. The number of rotatable bonds is 1. The van der Waals surface area contributed by atoms with Gasteiger partial charge in [-0.2, -0.15) is 4.98 Å². The molecule has 20 heavy (non-hydrogen) atoms. The van der Waals surface area contributed by atoms with Gasteiger partial charge in [0.1, 0.15) is 18.0 Å². The number of hydrogen-bond donors (Lipinski definition) is 3. The Bertz CT molecular complexity index is 616. The van der Waals surface area contributed by atoms with Crippen LogP contribution >= 0.6 is 0 Å². The molecule has 0 saturated carbocycles. The first-order chi connectivity index (χ1) is 9.45. The Morgan fingerprint density at radius 1 is 1.50 bits per heavy atom. The smallest absolute Gasteiger partial charge is 0.351 e. The largest absolute Gasteiger partial charge is 0.388 e. The number of anilines is 1. The maximum atomic E-state index is 11.9. The molecule has 2 heterocycles. The fourth-order valence-corrected chi connectivity index (χ4v) is 2.00. The molecule has 0 radical (unpaired) electrons. The quantitative estimate of drug-likeness (QED) is 0.582. The molecule has 0 aromatic carbocycles. The van der Waals surface area contributed by atoms with Crippen LogP contribution in [0.2, 0.25) is 0 Å². The Labute approximate surface area is 116 Å². The molecule has 1 aliphatic rings. The highest BCUT2D eigenvalue weighted by Crippen LogP contribution is 2.28. The maximum Gasteiger partial charge on any atom is 0.351 e. The van der Waals surface area contributed by atoms with E-state index in [4.69, 9.17) is 10.5 Å². The normalized spacial score (nSPS) is 29.0. The molecule has 0 aliphatic carbocycles. The second-order valence-electron chi connectivity index (χ2n) is 4.60. The van der Waals surface area contributed by atoms with Gasteiger partial charge in [0.15, 0.2) is 6.23 Å². The number of ether oxygens (including phenoxy) is 1. The first-order valence-corrected chi connectivity index (χ1v) is 6.34. The van der Waals surface area contributed by atoms with E-state index in [9.17, 15) is 15.0 Å². The van der Waals surface area contributed by atoms with Crippen molar-refractivity contribution in [1.29, 1.82) is 0 Å². The molecule has 0 spiro atoms. The van der Waals surface area contributed by atoms with E-state index in [-0.39, 0.29) is 5.82 Å². The van der Waals surface area contributed by atoms with Crippen LogP contribution in [0.3, 0.4) is 0 Å². The molecule has 1 fully saturated rings. The van der Waals surface area contributed by atoms with Gasteiger partial charge in [-0.05, 0) is 6.92 Å². The third kappa shape index (κ3) is 2.54. The lowest BCUT2D eigenvalue weighted by atomic mass is 10.1. The van der Waals surface area contributed by atoms with Crippen molar-refractivity contribution in [2.24, 2.45) is 0 Å². The first-order valence-electron chi connectivity index (χ1n) is 6.34. The van der Waals surface area contributed by atoms with E-state index in [1.165, 1.54) is 6.20 Å². The van der Waals surface area contributed by atoms with E-state index in [0.29, 0.717) is 12.0 Å². The predicted molar refractivity (Wildman–Crippen MR) is 71.7 cm³/mol. The van der Waals surface area contributed by atoms with E-state index < -0.39 is 30.2 Å². The molecule has 1 aliphatic heterocycles. The number of aliphatic hydroxyl groups excluding tert-OH is 2. The molecule has 0 amide bonds. The van der Waals surface area contributed by atoms with Crippen LogP contribution in [0.4, 0.5) is 5.82 Å². The number of hydrogen-bond acceptors (Lipinski definition) is 6. The predicted octanol–water partition coefficient (Wildman–Crippen LogP) is -0.774. The monoisotopic (exact) mass is 279 g/mol. The molecule has 0 bridgehead atoms. The summed E-state index contributed by atoms with van der Waals surface area (Å²) in [7, 11) is 0. The van der Waals surface area contributed by atoms with Gasteiger partial charge in [-0.25, -0.2) is 4.79 Å². The third-order valence-corrected chi connectivity index (χ3v) is 3.13. The fraction of sp³-hybridized carbons (Fsp3) is 0.538. The highest BCUT2D eigenvalue weighted by Gasteiger charge is 2.41. The van der Waals surface area contributed by atoms with Gasteiger partial charge in [0, 0.05) is 12.6 Å². The zero-order valence-electron chi connectivity index (χ0n) is 11.3. The van der Waals surface area contributed by atoms with Crippen molar-refractivity contribution < 1.29 is 14.9 Å². The number of aromatic nitrogens is 2. The molecule has 7 nitrogen and oxygen atoms in total. The SMILES string of the molecule is CCC#Cc1cn([C@@H]2O[C@H](C)[C@@H](O)[C@H]2O)c(=O)nc1N. The van der Waals surface area contributed by atoms with Crippen LogP contribution in [-0.4, -0.2) is 38.1 Å². The maximum absolute atomic E-state index is 11.9. The third-order valence-electron chi connectivity index (χ3n) is 3.13. The van der Waals surface area contributed by atoms with Crippen molar-refractivity contribution in [2.45, 2.75) is 44.8 Å². The van der Waals surface area contributed by atoms with Crippen LogP contribution in [0, 0.1) is 11.8 Å². The summed E-state index contributed by atoms with van der Waals surface area (Å²) in [5.74, 6) is 5.66. The summed E-state index contributed by atoms with van der Waals surface area (Å²) < 4.78 is 6.49. The van der Waals surface area contributed by atoms with Crippen molar-refractivity contribution in [3.05, 3.63) is 22.2 Å². The second kappa shape index (κ2) is 5.63. The molecule has 4 N–H and O–H groups in total. The van der Waals surface area contributed by atoms with E-state index in [1.54, 1.807) is 6.92 Å². The van der Waals surface area contributed by atoms with E-state index in [0.717, 1.165) is 4.57 Å². The molecule has 7 heteroatoms. The lowest BCUT2D eigenvalue weighted by Gasteiger charge is -2.17. The van der Waals surface area contributed by atoms with Crippen LogP contribution < -0.4 is 11.4 Å². The molecular weight excluding hydrogens is 262 g/mol. The number of aliphatic hydroxyl groups is 2. The Kier molecular flexibility index (Phi) is 4.09. The van der Waals surface area contributed by atoms with E-state index in [2.05, 4.69) is 16.8 Å². The molecule has 1 saturated heterocycles. The van der Waals surface area contributed by atoms with Crippen molar-refractivity contribution in [3.8, 4) is 11.8 Å². The van der Waals surface area contributed by atoms with Gasteiger partial charge in [0.2, 0.25) is 0 Å². The van der Waals surface area contributed by atoms with Crippen LogP contribution in [-0.2, 0) is 4.74 Å². The van der Waals surface area contributed by atoms with E-state index >= 15 is 0 Å². The molecule has 0 unspecified atom stereocenters. The zero-order valence-corrected chi connectivity index (χ0v) is 11.3. The van der Waals surface area contributed by atoms with Gasteiger partial charge in [0.25, 0.3) is 0 Å². The Morgan fingerprint density at radius 2 is 2.20 bits per heavy atom. The van der Waals surface area contributed by atoms with Gasteiger partial charge < -0.3 is 20.7 Å². The van der Waals surface area contributed by atoms with E-state index in [1.807, 2.05) is 6.92 Å². The number of nitrogens with two attached hydrogens (primary N) is 1. The summed E-state index contributed by atoms with van der Waals surface area (Å²) in [6, 6.07) is 0. The molecular formula is C13H17N3O4. The van der Waals surface area contributed by atoms with Crippen LogP contribution in [0.1, 0.15) is 32.1 Å². The lowest BCUT2D eigenvalue weighted by molar-refractivity contribution is -0.0350. The summed E-state index contributed by atoms with van der Waals surface area (Å²) in [5.41, 5.74) is 5.37. The average Bonchev–Trinajstić information content (AvgIpc) is 2.66. The standard InChI is InChI=1S/C13H17N3O4/c1-3-4-5-8-6-16(13(19)15-11(8)14)12-10(18)9(17)7(2)20-12/h6-7,9-10,12,17-18H,3H2,1-2H3,(H2,14,15,19)/t7-,9-,10-,12-/m1/s1. The van der Waals surface area contributed by atoms with Crippen molar-refractivity contribution in [3.63, 3.8) is 0 Å². The van der Waals surface area contributed by atoms with Crippen molar-refractivity contribution >= 4 is 5.82 Å². The summed E-state index contributed by atoms with van der Waals surface area (Å²) in [4.78, 5) is 15.5. The second-order valence-corrected chi connectivity index (χ2v) is 4.60. The number of nitrogen functional groups attached to an aromatic ring is 1. The van der Waals surface area contributed by atoms with Gasteiger partial charge in [-0.3, -0.25) is 4.57 Å². The van der Waals surface area contributed by atoms with Crippen molar-refractivity contribution in [2.75, 3.05) is 5.73 Å². The summed E-state index contributed by atoms with van der Waals surface area (Å²) in [6.07, 6.45) is -1.81. The van der Waals surface area contributed by atoms with Gasteiger partial charge in [-0.1, -0.05) is 18.8 Å². The van der Waals surface area contributed by atoms with Crippen molar-refractivity contribution in [1.82, 2.24) is 9.55 Å². The number of nitrogens with zero attached hydrogens (tertiary/aromatic N) is 2. The van der Waals surface area contributed by atoms with Gasteiger partial charge >= 0.3 is 5.69 Å². The molecule has 108 valence electrons. The minimum Gasteiger partial charge on any atom is -0.388 e. The van der Waals surface area contributed by atoms with Crippen LogP contribution in [0.15, 0.2) is 11.0 Å². The molecule has 4 atom stereocenters. The fourth-order valence-electron chi connectivity index (χ4n) is 2.00. The van der Waals surface area contributed by atoms with Crippen LogP contribution in [0.25, 0.3) is 0 Å². The van der Waals surface area contributed by atoms with Gasteiger partial charge in [0.05, 0.1) is 11.7 Å². The Morgan fingerprint density at radius 3 is 2.75 bits per heavy atom. The lowest BCUT2D eigenvalue weighted by Crippen LogP contribution is -2.35. The summed E-state index contributed by atoms with van der Waals surface area (Å²) in [6.45, 7) is 3.50. The summed E-state index contributed by atoms with van der Waals surface area (Å²) in [5, 5.41) is 19.6. The average molecular weight is 279 g/mol. The Hall–Kier alpha value is -1.88. The Balaban J connectivity index is 2.45. The minimum absolute atomic E-state index is 0.0354. The highest BCUT2D eigenvalue weighted by molar-refractivity contribution is 5.48. The first kappa shape index (κ1) is 14.5. The van der Waals surface area contributed by atoms with Crippen LogP contribution in [0.5, 0.6) is 0 Å². The highest BCUT2D eigenvalue weighted by atomic mass is 16.6. The topological polar surface area (TPSA) is 111 Å². The molecule has 1 aromatic rings.